The van der Waals surface area contributed by atoms with Gasteiger partial charge in [0.05, 0.1) is 6.20 Å². The van der Waals surface area contributed by atoms with Gasteiger partial charge in [-0.15, -0.1) is 0 Å². The molecule has 2 heterocycles. The highest BCUT2D eigenvalue weighted by molar-refractivity contribution is 9.10. The van der Waals surface area contributed by atoms with Gasteiger partial charge in [0.1, 0.15) is 0 Å². The fraction of sp³-hybridized carbons (Fsp3) is 0.444. The number of rotatable bonds is 5. The fourth-order valence-corrected chi connectivity index (χ4v) is 3.71. The van der Waals surface area contributed by atoms with Crippen LogP contribution in [0.25, 0.3) is 11.3 Å². The van der Waals surface area contributed by atoms with Crippen LogP contribution in [0.4, 0.5) is 0 Å². The van der Waals surface area contributed by atoms with Crippen molar-refractivity contribution in [3.05, 3.63) is 40.8 Å². The molecule has 1 aromatic carbocycles. The van der Waals surface area contributed by atoms with Gasteiger partial charge in [-0.05, 0) is 31.9 Å². The summed E-state index contributed by atoms with van der Waals surface area (Å²) in [5.74, 6) is 1.88. The second-order valence-electron chi connectivity index (χ2n) is 6.33. The van der Waals surface area contributed by atoms with Crippen molar-refractivity contribution in [2.45, 2.75) is 32.2 Å². The first-order valence-electron chi connectivity index (χ1n) is 8.27. The van der Waals surface area contributed by atoms with Crippen molar-refractivity contribution in [1.82, 2.24) is 9.88 Å². The van der Waals surface area contributed by atoms with E-state index >= 15 is 0 Å². The summed E-state index contributed by atoms with van der Waals surface area (Å²) >= 11 is 3.51. The van der Waals surface area contributed by atoms with E-state index in [1.54, 1.807) is 6.20 Å². The van der Waals surface area contributed by atoms with Crippen LogP contribution in [0.1, 0.15) is 25.7 Å². The molecule has 2 aromatic rings. The maximum atomic E-state index is 12.4. The number of hydrogen-bond acceptors (Lipinski definition) is 4. The summed E-state index contributed by atoms with van der Waals surface area (Å²) in [6.07, 6.45) is 3.63. The molecule has 1 aliphatic heterocycles. The number of carbonyl (C=O) groups excluding carboxylic acids is 1. The predicted octanol–water partition coefficient (Wildman–Crippen LogP) is 3.23. The Bertz CT molecular complexity index is 716. The molecular weight excluding hydrogens is 370 g/mol. The van der Waals surface area contributed by atoms with Gasteiger partial charge in [0.25, 0.3) is 0 Å². The molecule has 0 saturated carbocycles. The third kappa shape index (κ3) is 3.70. The summed E-state index contributed by atoms with van der Waals surface area (Å²) in [4.78, 5) is 18.7. The Kier molecular flexibility index (Phi) is 5.36. The molecule has 5 nitrogen and oxygen atoms in total. The lowest BCUT2D eigenvalue weighted by atomic mass is 10.1. The average Bonchev–Trinajstić information content (AvgIpc) is 3.19. The van der Waals surface area contributed by atoms with Gasteiger partial charge in [-0.25, -0.2) is 4.98 Å². The highest BCUT2D eigenvalue weighted by atomic mass is 79.9. The molecule has 2 N–H and O–H groups in total. The third-order valence-electron chi connectivity index (χ3n) is 4.56. The summed E-state index contributed by atoms with van der Waals surface area (Å²) in [6, 6.07) is 8.11. The molecule has 0 aliphatic carbocycles. The SMILES string of the molecule is CC1CC(CN)CN1C(=O)CCc1ncc(-c2ccccc2Br)o1. The number of aromatic nitrogens is 1. The highest BCUT2D eigenvalue weighted by Crippen LogP contribution is 2.29. The standard InChI is InChI=1S/C18H22BrN3O2/c1-12-8-13(9-20)11-22(12)18(23)7-6-17-21-10-16(24-17)14-4-2-3-5-15(14)19/h2-5,10,12-13H,6-9,11,20H2,1H3. The van der Waals surface area contributed by atoms with Crippen molar-refractivity contribution in [2.24, 2.45) is 11.7 Å². The molecule has 24 heavy (non-hydrogen) atoms. The van der Waals surface area contributed by atoms with Crippen LogP contribution in [0.5, 0.6) is 0 Å². The maximum Gasteiger partial charge on any atom is 0.223 e. The van der Waals surface area contributed by atoms with Crippen LogP contribution in [0.15, 0.2) is 39.4 Å². The minimum atomic E-state index is 0.152. The van der Waals surface area contributed by atoms with Gasteiger partial charge in [-0.3, -0.25) is 4.79 Å². The molecule has 1 fully saturated rings. The van der Waals surface area contributed by atoms with E-state index in [4.69, 9.17) is 10.2 Å². The summed E-state index contributed by atoms with van der Waals surface area (Å²) in [5.41, 5.74) is 6.69. The molecule has 128 valence electrons. The number of aryl methyl sites for hydroxylation is 1. The quantitative estimate of drug-likeness (QED) is 0.848. The van der Waals surface area contributed by atoms with Crippen molar-refractivity contribution in [3.8, 4) is 11.3 Å². The molecule has 1 aromatic heterocycles. The number of oxazole rings is 1. The number of hydrogen-bond donors (Lipinski definition) is 1. The zero-order valence-electron chi connectivity index (χ0n) is 13.7. The smallest absolute Gasteiger partial charge is 0.223 e. The van der Waals surface area contributed by atoms with E-state index in [1.165, 1.54) is 0 Å². The maximum absolute atomic E-state index is 12.4. The largest absolute Gasteiger partial charge is 0.441 e. The van der Waals surface area contributed by atoms with Crippen molar-refractivity contribution >= 4 is 21.8 Å². The summed E-state index contributed by atoms with van der Waals surface area (Å²) < 4.78 is 6.76. The average molecular weight is 392 g/mol. The first kappa shape index (κ1) is 17.2. The molecule has 3 rings (SSSR count). The lowest BCUT2D eigenvalue weighted by molar-refractivity contribution is -0.131. The van der Waals surface area contributed by atoms with Crippen LogP contribution in [-0.4, -0.2) is 34.9 Å². The van der Waals surface area contributed by atoms with Gasteiger partial charge in [0.15, 0.2) is 11.7 Å². The van der Waals surface area contributed by atoms with Crippen LogP contribution in [0.3, 0.4) is 0 Å². The Balaban J connectivity index is 1.60. The molecule has 0 bridgehead atoms. The first-order valence-corrected chi connectivity index (χ1v) is 9.07. The van der Waals surface area contributed by atoms with Gasteiger partial charge >= 0.3 is 0 Å². The van der Waals surface area contributed by atoms with Crippen LogP contribution < -0.4 is 5.73 Å². The van der Waals surface area contributed by atoms with Gasteiger partial charge < -0.3 is 15.1 Å². The van der Waals surface area contributed by atoms with Crippen molar-refractivity contribution in [3.63, 3.8) is 0 Å². The van der Waals surface area contributed by atoms with Crippen LogP contribution in [0, 0.1) is 5.92 Å². The predicted molar refractivity (Wildman–Crippen MR) is 96.3 cm³/mol. The van der Waals surface area contributed by atoms with E-state index in [0.717, 1.165) is 23.0 Å². The third-order valence-corrected chi connectivity index (χ3v) is 5.25. The normalized spacial score (nSPS) is 20.5. The lowest BCUT2D eigenvalue weighted by Crippen LogP contribution is -2.34. The van der Waals surface area contributed by atoms with Crippen LogP contribution >= 0.6 is 15.9 Å². The van der Waals surface area contributed by atoms with Crippen molar-refractivity contribution < 1.29 is 9.21 Å². The number of benzene rings is 1. The topological polar surface area (TPSA) is 72.4 Å². The number of amides is 1. The van der Waals surface area contributed by atoms with Gasteiger partial charge in [-0.1, -0.05) is 34.1 Å². The molecule has 1 saturated heterocycles. The second kappa shape index (κ2) is 7.49. The Hall–Kier alpha value is -1.66. The van der Waals surface area contributed by atoms with Crippen molar-refractivity contribution in [2.75, 3.05) is 13.1 Å². The number of likely N-dealkylation sites (tertiary alicyclic amines) is 1. The Morgan fingerprint density at radius 2 is 2.25 bits per heavy atom. The summed E-state index contributed by atoms with van der Waals surface area (Å²) in [6.45, 7) is 3.50. The molecule has 1 aliphatic rings. The number of halogens is 1. The second-order valence-corrected chi connectivity index (χ2v) is 7.18. The fourth-order valence-electron chi connectivity index (χ4n) is 3.23. The Morgan fingerprint density at radius 1 is 1.46 bits per heavy atom. The van der Waals surface area contributed by atoms with Gasteiger partial charge in [-0.2, -0.15) is 0 Å². The van der Waals surface area contributed by atoms with E-state index in [0.29, 0.717) is 37.0 Å². The lowest BCUT2D eigenvalue weighted by Gasteiger charge is -2.21. The number of carbonyl (C=O) groups is 1. The van der Waals surface area contributed by atoms with E-state index in [2.05, 4.69) is 27.8 Å². The van der Waals surface area contributed by atoms with Gasteiger partial charge in [0, 0.05) is 35.5 Å². The summed E-state index contributed by atoms with van der Waals surface area (Å²) in [7, 11) is 0. The highest BCUT2D eigenvalue weighted by Gasteiger charge is 2.31. The van der Waals surface area contributed by atoms with E-state index in [1.807, 2.05) is 29.2 Å². The molecular formula is C18H22BrN3O2. The molecule has 6 heteroatoms. The molecule has 2 atom stereocenters. The molecule has 2 unspecified atom stereocenters. The minimum Gasteiger partial charge on any atom is -0.441 e. The Labute approximate surface area is 150 Å². The molecule has 0 spiro atoms. The van der Waals surface area contributed by atoms with Crippen LogP contribution in [-0.2, 0) is 11.2 Å². The van der Waals surface area contributed by atoms with Crippen molar-refractivity contribution in [1.29, 1.82) is 0 Å². The molecule has 1 amide bonds. The monoisotopic (exact) mass is 391 g/mol. The Morgan fingerprint density at radius 3 is 2.96 bits per heavy atom. The van der Waals surface area contributed by atoms with Gasteiger partial charge in [0.2, 0.25) is 5.91 Å². The zero-order chi connectivity index (χ0) is 17.1. The van der Waals surface area contributed by atoms with E-state index < -0.39 is 0 Å². The van der Waals surface area contributed by atoms with E-state index in [9.17, 15) is 4.79 Å². The van der Waals surface area contributed by atoms with E-state index in [-0.39, 0.29) is 11.9 Å². The number of nitrogens with two attached hydrogens (primary N) is 1. The zero-order valence-corrected chi connectivity index (χ0v) is 15.3. The number of nitrogens with zero attached hydrogens (tertiary/aromatic N) is 2. The van der Waals surface area contributed by atoms with Crippen LogP contribution in [0.2, 0.25) is 0 Å². The minimum absolute atomic E-state index is 0.152. The first-order chi connectivity index (χ1) is 11.6. The summed E-state index contributed by atoms with van der Waals surface area (Å²) in [5, 5.41) is 0. The molecule has 0 radical (unpaired) electrons.